The largest absolute Gasteiger partial charge is 0.489 e. The molecule has 3 N–H and O–H groups in total. The van der Waals surface area contributed by atoms with Gasteiger partial charge in [0.05, 0.1) is 11.5 Å². The average molecular weight is 366 g/mol. The van der Waals surface area contributed by atoms with E-state index in [2.05, 4.69) is 5.32 Å². The lowest BCUT2D eigenvalue weighted by Crippen LogP contribution is -2.34. The minimum atomic E-state index is -4.38. The maximum Gasteiger partial charge on any atom is 0.416 e. The Kier molecular flexibility index (Phi) is 6.26. The Morgan fingerprint density at radius 1 is 1.15 bits per heavy atom. The molecular weight excluding hydrogens is 345 g/mol. The van der Waals surface area contributed by atoms with Gasteiger partial charge in [0.1, 0.15) is 12.4 Å². The van der Waals surface area contributed by atoms with Gasteiger partial charge < -0.3 is 15.8 Å². The highest BCUT2D eigenvalue weighted by Crippen LogP contribution is 2.29. The molecule has 0 spiro atoms. The van der Waals surface area contributed by atoms with Gasteiger partial charge in [-0.25, -0.2) is 0 Å². The van der Waals surface area contributed by atoms with E-state index in [0.717, 1.165) is 12.1 Å². The Labute approximate surface area is 150 Å². The van der Waals surface area contributed by atoms with Crippen LogP contribution in [0, 0.1) is 5.92 Å². The lowest BCUT2D eigenvalue weighted by molar-refractivity contribution is -0.137. The molecule has 2 atom stereocenters. The summed E-state index contributed by atoms with van der Waals surface area (Å²) in [6.07, 6.45) is -4.38. The normalized spacial score (nSPS) is 13.8. The number of ether oxygens (including phenoxy) is 1. The molecule has 140 valence electrons. The summed E-state index contributed by atoms with van der Waals surface area (Å²) < 4.78 is 43.6. The van der Waals surface area contributed by atoms with E-state index in [4.69, 9.17) is 10.5 Å². The van der Waals surface area contributed by atoms with E-state index >= 15 is 0 Å². The molecular formula is C19H21F3N2O2. The standard InChI is InChI=1S/C19H21F3N2O2/c1-12(13(2)23)18(25)24-16-6-8-17(9-7-16)26-11-14-4-3-5-15(10-14)19(20,21)22/h3-10,12-13H,11,23H2,1-2H3,(H,24,25). The summed E-state index contributed by atoms with van der Waals surface area (Å²) in [6, 6.07) is 11.3. The van der Waals surface area contributed by atoms with Gasteiger partial charge in [-0.3, -0.25) is 4.79 Å². The van der Waals surface area contributed by atoms with Crippen molar-refractivity contribution >= 4 is 11.6 Å². The predicted octanol–water partition coefficient (Wildman–Crippen LogP) is 4.21. The van der Waals surface area contributed by atoms with Gasteiger partial charge in [-0.15, -0.1) is 0 Å². The monoisotopic (exact) mass is 366 g/mol. The second-order valence-electron chi connectivity index (χ2n) is 6.15. The second-order valence-corrected chi connectivity index (χ2v) is 6.15. The summed E-state index contributed by atoms with van der Waals surface area (Å²) in [7, 11) is 0. The maximum absolute atomic E-state index is 12.7. The van der Waals surface area contributed by atoms with Gasteiger partial charge in [0.25, 0.3) is 0 Å². The molecule has 26 heavy (non-hydrogen) atoms. The van der Waals surface area contributed by atoms with Crippen LogP contribution in [0.15, 0.2) is 48.5 Å². The SMILES string of the molecule is CC(N)C(C)C(=O)Nc1ccc(OCc2cccc(C(F)(F)F)c2)cc1. The topological polar surface area (TPSA) is 64.4 Å². The number of amides is 1. The van der Waals surface area contributed by atoms with Crippen molar-refractivity contribution in [3.05, 3.63) is 59.7 Å². The van der Waals surface area contributed by atoms with Gasteiger partial charge in [-0.2, -0.15) is 13.2 Å². The maximum atomic E-state index is 12.7. The number of halogens is 3. The van der Waals surface area contributed by atoms with Crippen LogP contribution >= 0.6 is 0 Å². The number of nitrogens with one attached hydrogen (secondary N) is 1. The fourth-order valence-electron chi connectivity index (χ4n) is 2.13. The van der Waals surface area contributed by atoms with E-state index in [1.54, 1.807) is 44.2 Å². The number of rotatable bonds is 6. The zero-order valence-electron chi connectivity index (χ0n) is 14.5. The number of hydrogen-bond donors (Lipinski definition) is 2. The Hall–Kier alpha value is -2.54. The molecule has 0 aliphatic rings. The molecule has 7 heteroatoms. The zero-order chi connectivity index (χ0) is 19.3. The smallest absolute Gasteiger partial charge is 0.416 e. The van der Waals surface area contributed by atoms with Gasteiger partial charge in [-0.1, -0.05) is 19.1 Å². The van der Waals surface area contributed by atoms with Crippen molar-refractivity contribution in [1.82, 2.24) is 0 Å². The van der Waals surface area contributed by atoms with Crippen LogP contribution in [-0.2, 0) is 17.6 Å². The number of hydrogen-bond acceptors (Lipinski definition) is 3. The molecule has 2 unspecified atom stereocenters. The number of carbonyl (C=O) groups is 1. The van der Waals surface area contributed by atoms with Crippen molar-refractivity contribution in [3.8, 4) is 5.75 Å². The predicted molar refractivity (Wildman–Crippen MR) is 93.7 cm³/mol. The highest BCUT2D eigenvalue weighted by molar-refractivity contribution is 5.92. The van der Waals surface area contributed by atoms with Gasteiger partial charge in [-0.05, 0) is 48.9 Å². The van der Waals surface area contributed by atoms with Gasteiger partial charge in [0.2, 0.25) is 5.91 Å². The minimum Gasteiger partial charge on any atom is -0.489 e. The van der Waals surface area contributed by atoms with Crippen LogP contribution in [0.1, 0.15) is 25.0 Å². The first-order chi connectivity index (χ1) is 12.2. The van der Waals surface area contributed by atoms with Crippen molar-refractivity contribution < 1.29 is 22.7 Å². The van der Waals surface area contributed by atoms with Gasteiger partial charge in [0.15, 0.2) is 0 Å². The van der Waals surface area contributed by atoms with Crippen molar-refractivity contribution in [2.24, 2.45) is 11.7 Å². The Morgan fingerprint density at radius 3 is 2.38 bits per heavy atom. The van der Waals surface area contributed by atoms with Crippen LogP contribution in [-0.4, -0.2) is 11.9 Å². The van der Waals surface area contributed by atoms with Crippen molar-refractivity contribution in [3.63, 3.8) is 0 Å². The van der Waals surface area contributed by atoms with Crippen molar-refractivity contribution in [2.75, 3.05) is 5.32 Å². The molecule has 0 bridgehead atoms. The molecule has 0 aliphatic carbocycles. The van der Waals surface area contributed by atoms with Crippen LogP contribution in [0.2, 0.25) is 0 Å². The highest BCUT2D eigenvalue weighted by atomic mass is 19.4. The summed E-state index contributed by atoms with van der Waals surface area (Å²) in [4.78, 5) is 11.9. The quantitative estimate of drug-likeness (QED) is 0.805. The molecule has 0 heterocycles. The van der Waals surface area contributed by atoms with Crippen molar-refractivity contribution in [2.45, 2.75) is 32.7 Å². The fraction of sp³-hybridized carbons (Fsp3) is 0.316. The van der Waals surface area contributed by atoms with Crippen molar-refractivity contribution in [1.29, 1.82) is 0 Å². The lowest BCUT2D eigenvalue weighted by atomic mass is 10.0. The third-order valence-corrected chi connectivity index (χ3v) is 3.98. The van der Waals surface area contributed by atoms with E-state index in [1.807, 2.05) is 0 Å². The summed E-state index contributed by atoms with van der Waals surface area (Å²) in [5.41, 5.74) is 6.00. The molecule has 0 saturated carbocycles. The first kappa shape index (κ1) is 19.8. The van der Waals surface area contributed by atoms with Gasteiger partial charge >= 0.3 is 6.18 Å². The molecule has 2 aromatic carbocycles. The Balaban J connectivity index is 1.95. The number of nitrogens with two attached hydrogens (primary N) is 1. The number of anilines is 1. The number of carbonyl (C=O) groups excluding carboxylic acids is 1. The molecule has 0 fully saturated rings. The first-order valence-electron chi connectivity index (χ1n) is 8.12. The molecule has 0 aliphatic heterocycles. The molecule has 4 nitrogen and oxygen atoms in total. The third-order valence-electron chi connectivity index (χ3n) is 3.98. The van der Waals surface area contributed by atoms with Crippen LogP contribution in [0.3, 0.4) is 0 Å². The van der Waals surface area contributed by atoms with E-state index in [0.29, 0.717) is 17.0 Å². The van der Waals surface area contributed by atoms with Crippen LogP contribution < -0.4 is 15.8 Å². The minimum absolute atomic E-state index is 0.0113. The highest BCUT2D eigenvalue weighted by Gasteiger charge is 2.30. The van der Waals surface area contributed by atoms with E-state index in [-0.39, 0.29) is 24.5 Å². The lowest BCUT2D eigenvalue weighted by Gasteiger charge is -2.15. The van der Waals surface area contributed by atoms with E-state index < -0.39 is 11.7 Å². The Bertz CT molecular complexity index is 743. The molecule has 0 saturated heterocycles. The molecule has 2 aromatic rings. The van der Waals surface area contributed by atoms with Gasteiger partial charge in [0, 0.05) is 11.7 Å². The molecule has 0 radical (unpaired) electrons. The Morgan fingerprint density at radius 2 is 1.81 bits per heavy atom. The number of benzene rings is 2. The number of alkyl halides is 3. The molecule has 0 aromatic heterocycles. The molecule has 2 rings (SSSR count). The van der Waals surface area contributed by atoms with E-state index in [9.17, 15) is 18.0 Å². The summed E-state index contributed by atoms with van der Waals surface area (Å²) in [5, 5.41) is 2.75. The third kappa shape index (κ3) is 5.49. The second kappa shape index (κ2) is 8.23. The summed E-state index contributed by atoms with van der Waals surface area (Å²) in [5.74, 6) is -0.0230. The van der Waals surface area contributed by atoms with Crippen LogP contribution in [0.5, 0.6) is 5.75 Å². The van der Waals surface area contributed by atoms with E-state index in [1.165, 1.54) is 6.07 Å². The van der Waals surface area contributed by atoms with Crippen LogP contribution in [0.4, 0.5) is 18.9 Å². The van der Waals surface area contributed by atoms with Crippen LogP contribution in [0.25, 0.3) is 0 Å². The summed E-state index contributed by atoms with van der Waals surface area (Å²) >= 11 is 0. The zero-order valence-corrected chi connectivity index (χ0v) is 14.5. The summed E-state index contributed by atoms with van der Waals surface area (Å²) in [6.45, 7) is 3.51. The first-order valence-corrected chi connectivity index (χ1v) is 8.12. The average Bonchev–Trinajstić information content (AvgIpc) is 2.60. The fourth-order valence-corrected chi connectivity index (χ4v) is 2.13. The molecule has 1 amide bonds.